The number of hydrogen-bond acceptors (Lipinski definition) is 4. The van der Waals surface area contributed by atoms with E-state index in [1.165, 1.54) is 19.4 Å². The summed E-state index contributed by atoms with van der Waals surface area (Å²) in [4.78, 5) is 0. The van der Waals surface area contributed by atoms with Gasteiger partial charge in [-0.15, -0.1) is 0 Å². The first-order valence-corrected chi connectivity index (χ1v) is 6.61. The highest BCUT2D eigenvalue weighted by molar-refractivity contribution is 5.90. The molecular weight excluding hydrogens is 224 g/mol. The zero-order chi connectivity index (χ0) is 12.2. The summed E-state index contributed by atoms with van der Waals surface area (Å²) in [5.41, 5.74) is 2.03. The molecular formula is C14H18N4. The molecule has 1 atom stereocenters. The SMILES string of the molecule is c1ccc2c(NCCC3CCCN3)cnnc2c1. The molecule has 4 heteroatoms. The molecule has 3 rings (SSSR count). The minimum Gasteiger partial charge on any atom is -0.383 e. The largest absolute Gasteiger partial charge is 0.383 e. The molecule has 0 aliphatic carbocycles. The van der Waals surface area contributed by atoms with Crippen molar-refractivity contribution < 1.29 is 0 Å². The molecule has 0 spiro atoms. The van der Waals surface area contributed by atoms with Crippen molar-refractivity contribution in [2.75, 3.05) is 18.4 Å². The van der Waals surface area contributed by atoms with E-state index in [0.29, 0.717) is 6.04 Å². The zero-order valence-electron chi connectivity index (χ0n) is 10.4. The van der Waals surface area contributed by atoms with Crippen molar-refractivity contribution in [3.05, 3.63) is 30.5 Å². The number of hydrogen-bond donors (Lipinski definition) is 2. The monoisotopic (exact) mass is 242 g/mol. The van der Waals surface area contributed by atoms with Crippen molar-refractivity contribution in [3.63, 3.8) is 0 Å². The molecule has 1 fully saturated rings. The smallest absolute Gasteiger partial charge is 0.0950 e. The van der Waals surface area contributed by atoms with Crippen LogP contribution >= 0.6 is 0 Å². The molecule has 2 heterocycles. The van der Waals surface area contributed by atoms with Gasteiger partial charge in [-0.1, -0.05) is 18.2 Å². The number of aromatic nitrogens is 2. The summed E-state index contributed by atoms with van der Waals surface area (Å²) in [5.74, 6) is 0. The quantitative estimate of drug-likeness (QED) is 0.863. The van der Waals surface area contributed by atoms with E-state index in [-0.39, 0.29) is 0 Å². The predicted octanol–water partition coefficient (Wildman–Crippen LogP) is 2.18. The maximum atomic E-state index is 4.13. The second-order valence-electron chi connectivity index (χ2n) is 4.78. The lowest BCUT2D eigenvalue weighted by Crippen LogP contribution is -2.24. The summed E-state index contributed by atoms with van der Waals surface area (Å²) < 4.78 is 0. The van der Waals surface area contributed by atoms with Crippen LogP contribution in [0.3, 0.4) is 0 Å². The first-order chi connectivity index (χ1) is 8.93. The van der Waals surface area contributed by atoms with Gasteiger partial charge in [-0.25, -0.2) is 0 Å². The van der Waals surface area contributed by atoms with Crippen molar-refractivity contribution in [3.8, 4) is 0 Å². The molecule has 0 saturated carbocycles. The number of fused-ring (bicyclic) bond motifs is 1. The van der Waals surface area contributed by atoms with E-state index >= 15 is 0 Å². The lowest BCUT2D eigenvalue weighted by atomic mass is 10.1. The highest BCUT2D eigenvalue weighted by Gasteiger charge is 2.13. The van der Waals surface area contributed by atoms with Crippen LogP contribution in [0.2, 0.25) is 0 Å². The molecule has 0 bridgehead atoms. The highest BCUT2D eigenvalue weighted by atomic mass is 15.1. The second-order valence-corrected chi connectivity index (χ2v) is 4.78. The molecule has 1 saturated heterocycles. The maximum Gasteiger partial charge on any atom is 0.0950 e. The van der Waals surface area contributed by atoms with Crippen LogP contribution in [0.25, 0.3) is 10.9 Å². The molecule has 94 valence electrons. The van der Waals surface area contributed by atoms with E-state index in [1.807, 2.05) is 24.4 Å². The van der Waals surface area contributed by atoms with E-state index < -0.39 is 0 Å². The first kappa shape index (κ1) is 11.4. The summed E-state index contributed by atoms with van der Waals surface area (Å²) in [7, 11) is 0. The average molecular weight is 242 g/mol. The summed E-state index contributed by atoms with van der Waals surface area (Å²) in [6.45, 7) is 2.15. The van der Waals surface area contributed by atoms with Crippen LogP contribution in [0.4, 0.5) is 5.69 Å². The summed E-state index contributed by atoms with van der Waals surface area (Å²) in [5, 5.41) is 16.3. The van der Waals surface area contributed by atoms with E-state index in [1.54, 1.807) is 0 Å². The number of rotatable bonds is 4. The number of anilines is 1. The van der Waals surface area contributed by atoms with Crippen LogP contribution in [0.15, 0.2) is 30.5 Å². The number of nitrogens with zero attached hydrogens (tertiary/aromatic N) is 2. The van der Waals surface area contributed by atoms with Gasteiger partial charge in [0.05, 0.1) is 17.4 Å². The Balaban J connectivity index is 1.66. The van der Waals surface area contributed by atoms with Crippen molar-refractivity contribution in [2.45, 2.75) is 25.3 Å². The zero-order valence-corrected chi connectivity index (χ0v) is 10.4. The third kappa shape index (κ3) is 2.43. The lowest BCUT2D eigenvalue weighted by molar-refractivity contribution is 0.574. The van der Waals surface area contributed by atoms with Crippen molar-refractivity contribution in [2.24, 2.45) is 0 Å². The van der Waals surface area contributed by atoms with Gasteiger partial charge in [0.1, 0.15) is 0 Å². The molecule has 1 aromatic heterocycles. The third-order valence-electron chi connectivity index (χ3n) is 3.52. The van der Waals surface area contributed by atoms with Gasteiger partial charge in [-0.05, 0) is 31.9 Å². The molecule has 0 radical (unpaired) electrons. The Kier molecular flexibility index (Phi) is 3.37. The molecule has 2 N–H and O–H groups in total. The van der Waals surface area contributed by atoms with Crippen LogP contribution in [-0.4, -0.2) is 29.3 Å². The Bertz CT molecular complexity index is 515. The minimum atomic E-state index is 0.679. The fourth-order valence-electron chi connectivity index (χ4n) is 2.53. The molecule has 1 aromatic carbocycles. The van der Waals surface area contributed by atoms with Gasteiger partial charge in [-0.2, -0.15) is 10.2 Å². The number of benzene rings is 1. The van der Waals surface area contributed by atoms with Crippen molar-refractivity contribution in [1.82, 2.24) is 15.5 Å². The molecule has 18 heavy (non-hydrogen) atoms. The fourth-order valence-corrected chi connectivity index (χ4v) is 2.53. The molecule has 1 aliphatic heterocycles. The average Bonchev–Trinajstić information content (AvgIpc) is 2.92. The van der Waals surface area contributed by atoms with Gasteiger partial charge in [0.2, 0.25) is 0 Å². The molecule has 1 aliphatic rings. The van der Waals surface area contributed by atoms with Crippen molar-refractivity contribution in [1.29, 1.82) is 0 Å². The fraction of sp³-hybridized carbons (Fsp3) is 0.429. The predicted molar refractivity (Wildman–Crippen MR) is 73.7 cm³/mol. The van der Waals surface area contributed by atoms with Crippen LogP contribution in [0, 0.1) is 0 Å². The van der Waals surface area contributed by atoms with E-state index in [4.69, 9.17) is 0 Å². The van der Waals surface area contributed by atoms with Crippen LogP contribution in [0.1, 0.15) is 19.3 Å². The summed E-state index contributed by atoms with van der Waals surface area (Å²) >= 11 is 0. The van der Waals surface area contributed by atoms with Gasteiger partial charge in [0.25, 0.3) is 0 Å². The van der Waals surface area contributed by atoms with E-state index in [9.17, 15) is 0 Å². The van der Waals surface area contributed by atoms with Crippen molar-refractivity contribution >= 4 is 16.6 Å². The molecule has 2 aromatic rings. The van der Waals surface area contributed by atoms with Gasteiger partial charge >= 0.3 is 0 Å². The molecule has 0 amide bonds. The van der Waals surface area contributed by atoms with Gasteiger partial charge in [-0.3, -0.25) is 0 Å². The van der Waals surface area contributed by atoms with Crippen LogP contribution in [0.5, 0.6) is 0 Å². The molecule has 1 unspecified atom stereocenters. The summed E-state index contributed by atoms with van der Waals surface area (Å²) in [6, 6.07) is 8.78. The highest BCUT2D eigenvalue weighted by Crippen LogP contribution is 2.20. The van der Waals surface area contributed by atoms with E-state index in [0.717, 1.165) is 29.6 Å². The lowest BCUT2D eigenvalue weighted by Gasteiger charge is -2.12. The first-order valence-electron chi connectivity index (χ1n) is 6.61. The minimum absolute atomic E-state index is 0.679. The normalized spacial score (nSPS) is 19.2. The Hall–Kier alpha value is -1.68. The Labute approximate surface area is 107 Å². The standard InChI is InChI=1S/C14H18N4/c1-2-6-13-12(5-1)14(10-17-18-13)16-9-7-11-4-3-8-15-11/h1-2,5-6,10-11,15H,3-4,7-9H2,(H,16,18). The Morgan fingerprint density at radius 2 is 2.28 bits per heavy atom. The van der Waals surface area contributed by atoms with Crippen LogP contribution < -0.4 is 10.6 Å². The van der Waals surface area contributed by atoms with Gasteiger partial charge in [0, 0.05) is 18.0 Å². The molecule has 4 nitrogen and oxygen atoms in total. The van der Waals surface area contributed by atoms with Gasteiger partial charge in [0.15, 0.2) is 0 Å². The second kappa shape index (κ2) is 5.31. The number of nitrogens with one attached hydrogen (secondary N) is 2. The van der Waals surface area contributed by atoms with Crippen LogP contribution in [-0.2, 0) is 0 Å². The topological polar surface area (TPSA) is 49.8 Å². The van der Waals surface area contributed by atoms with E-state index in [2.05, 4.69) is 26.9 Å². The third-order valence-corrected chi connectivity index (χ3v) is 3.52. The Morgan fingerprint density at radius 3 is 3.17 bits per heavy atom. The Morgan fingerprint density at radius 1 is 1.33 bits per heavy atom. The van der Waals surface area contributed by atoms with Gasteiger partial charge < -0.3 is 10.6 Å². The summed E-state index contributed by atoms with van der Waals surface area (Å²) in [6.07, 6.45) is 5.59. The maximum absolute atomic E-state index is 4.13.